The Bertz CT molecular complexity index is 647. The Labute approximate surface area is 124 Å². The molecule has 0 amide bonds. The van der Waals surface area contributed by atoms with Crippen molar-refractivity contribution in [2.24, 2.45) is 7.05 Å². The van der Waals surface area contributed by atoms with Gasteiger partial charge in [-0.2, -0.15) is 5.10 Å². The molecule has 0 spiro atoms. The molecule has 0 saturated carbocycles. The zero-order chi connectivity index (χ0) is 15.4. The van der Waals surface area contributed by atoms with Crippen molar-refractivity contribution in [3.8, 4) is 5.75 Å². The highest BCUT2D eigenvalue weighted by molar-refractivity contribution is 5.72. The van der Waals surface area contributed by atoms with Crippen LogP contribution < -0.4 is 4.74 Å². The van der Waals surface area contributed by atoms with E-state index in [0.29, 0.717) is 6.61 Å². The van der Waals surface area contributed by atoms with E-state index < -0.39 is 0 Å². The molecule has 0 radical (unpaired) electrons. The van der Waals surface area contributed by atoms with Crippen molar-refractivity contribution in [3.63, 3.8) is 0 Å². The van der Waals surface area contributed by atoms with E-state index >= 15 is 0 Å². The van der Waals surface area contributed by atoms with Crippen molar-refractivity contribution in [1.82, 2.24) is 9.78 Å². The molecule has 2 aromatic rings. The second-order valence-electron chi connectivity index (χ2n) is 4.93. The van der Waals surface area contributed by atoms with Crippen LogP contribution >= 0.6 is 0 Å². The smallest absolute Gasteiger partial charge is 0.309 e. The molecule has 0 aliphatic rings. The molecule has 0 N–H and O–H groups in total. The summed E-state index contributed by atoms with van der Waals surface area (Å²) in [5.41, 5.74) is 3.74. The monoisotopic (exact) mass is 288 g/mol. The van der Waals surface area contributed by atoms with Gasteiger partial charge in [-0.25, -0.2) is 0 Å². The van der Waals surface area contributed by atoms with Crippen LogP contribution in [0.2, 0.25) is 0 Å². The Hall–Kier alpha value is -2.30. The normalized spacial score (nSPS) is 10.5. The van der Waals surface area contributed by atoms with Gasteiger partial charge in [0.2, 0.25) is 0 Å². The number of aromatic nitrogens is 2. The van der Waals surface area contributed by atoms with E-state index in [1.807, 2.05) is 45.2 Å². The van der Waals surface area contributed by atoms with E-state index in [2.05, 4.69) is 5.10 Å². The molecule has 0 bridgehead atoms. The topological polar surface area (TPSA) is 53.4 Å². The third kappa shape index (κ3) is 3.42. The maximum absolute atomic E-state index is 11.4. The summed E-state index contributed by atoms with van der Waals surface area (Å²) in [6.45, 7) is 4.29. The van der Waals surface area contributed by atoms with E-state index in [1.165, 1.54) is 7.11 Å². The molecule has 5 nitrogen and oxygen atoms in total. The van der Waals surface area contributed by atoms with Crippen LogP contribution in [0.5, 0.6) is 5.75 Å². The van der Waals surface area contributed by atoms with Crippen LogP contribution in [0, 0.1) is 13.8 Å². The van der Waals surface area contributed by atoms with Crippen LogP contribution in [0.4, 0.5) is 0 Å². The third-order valence-electron chi connectivity index (χ3n) is 3.50. The number of benzene rings is 1. The predicted molar refractivity (Wildman–Crippen MR) is 79.2 cm³/mol. The van der Waals surface area contributed by atoms with Crippen molar-refractivity contribution in [3.05, 3.63) is 46.8 Å². The summed E-state index contributed by atoms with van der Waals surface area (Å²) in [6.07, 6.45) is 0.251. The number of nitrogens with zero attached hydrogens (tertiary/aromatic N) is 2. The maximum Gasteiger partial charge on any atom is 0.309 e. The summed E-state index contributed by atoms with van der Waals surface area (Å²) in [5, 5.41) is 4.32. The Morgan fingerprint density at radius 2 is 1.90 bits per heavy atom. The number of rotatable bonds is 5. The zero-order valence-electron chi connectivity index (χ0n) is 12.8. The largest absolute Gasteiger partial charge is 0.485 e. The molecule has 1 aromatic carbocycles. The number of methoxy groups -OCH3 is 1. The first-order valence-corrected chi connectivity index (χ1v) is 6.79. The van der Waals surface area contributed by atoms with Gasteiger partial charge in [0.25, 0.3) is 0 Å². The van der Waals surface area contributed by atoms with Gasteiger partial charge in [-0.15, -0.1) is 0 Å². The first-order chi connectivity index (χ1) is 10.0. The molecule has 1 aromatic heterocycles. The molecule has 2 rings (SSSR count). The molecule has 112 valence electrons. The van der Waals surface area contributed by atoms with Crippen molar-refractivity contribution in [2.75, 3.05) is 7.11 Å². The summed E-state index contributed by atoms with van der Waals surface area (Å²) in [6, 6.07) is 7.71. The molecule has 0 aliphatic carbocycles. The van der Waals surface area contributed by atoms with Crippen molar-refractivity contribution in [2.45, 2.75) is 26.9 Å². The average molecular weight is 288 g/mol. The van der Waals surface area contributed by atoms with E-state index in [1.54, 1.807) is 4.68 Å². The summed E-state index contributed by atoms with van der Waals surface area (Å²) < 4.78 is 12.4. The summed E-state index contributed by atoms with van der Waals surface area (Å²) in [4.78, 5) is 11.4. The Morgan fingerprint density at radius 1 is 1.24 bits per heavy atom. The van der Waals surface area contributed by atoms with E-state index in [0.717, 1.165) is 28.3 Å². The molecular weight excluding hydrogens is 268 g/mol. The number of hydrogen-bond donors (Lipinski definition) is 0. The van der Waals surface area contributed by atoms with E-state index in [9.17, 15) is 4.79 Å². The minimum atomic E-state index is -0.254. The van der Waals surface area contributed by atoms with E-state index in [-0.39, 0.29) is 12.4 Å². The minimum absolute atomic E-state index is 0.251. The number of ether oxygens (including phenoxy) is 2. The van der Waals surface area contributed by atoms with Crippen LogP contribution in [0.15, 0.2) is 24.3 Å². The highest BCUT2D eigenvalue weighted by Gasteiger charge is 2.13. The molecule has 0 fully saturated rings. The fourth-order valence-electron chi connectivity index (χ4n) is 2.21. The number of hydrogen-bond acceptors (Lipinski definition) is 4. The van der Waals surface area contributed by atoms with E-state index in [4.69, 9.17) is 9.47 Å². The van der Waals surface area contributed by atoms with Crippen LogP contribution in [0.1, 0.15) is 22.5 Å². The van der Waals surface area contributed by atoms with Gasteiger partial charge in [0, 0.05) is 7.05 Å². The Morgan fingerprint density at radius 3 is 2.48 bits per heavy atom. The van der Waals surface area contributed by atoms with Crippen LogP contribution in [-0.2, 0) is 29.6 Å². The lowest BCUT2D eigenvalue weighted by molar-refractivity contribution is -0.139. The molecule has 0 aliphatic heterocycles. The standard InChI is InChI=1S/C16H20N2O3/c1-11-16(12(2)18(3)17-11)21-10-14-8-6-5-7-13(14)9-15(19)20-4/h5-8H,9-10H2,1-4H3. The molecule has 1 heterocycles. The lowest BCUT2D eigenvalue weighted by Gasteiger charge is -2.10. The van der Waals surface area contributed by atoms with Crippen LogP contribution in [0.25, 0.3) is 0 Å². The maximum atomic E-state index is 11.4. The number of carbonyl (C=O) groups excluding carboxylic acids is 1. The van der Waals surface area contributed by atoms with Gasteiger partial charge in [-0.05, 0) is 25.0 Å². The third-order valence-corrected chi connectivity index (χ3v) is 3.50. The zero-order valence-corrected chi connectivity index (χ0v) is 12.8. The predicted octanol–water partition coefficient (Wildman–Crippen LogP) is 2.33. The van der Waals surface area contributed by atoms with Gasteiger partial charge in [0.15, 0.2) is 5.75 Å². The Kier molecular flexibility index (Phi) is 4.62. The van der Waals surface area contributed by atoms with Crippen molar-refractivity contribution in [1.29, 1.82) is 0 Å². The van der Waals surface area contributed by atoms with Gasteiger partial charge in [0.05, 0.1) is 19.2 Å². The van der Waals surface area contributed by atoms with Crippen LogP contribution in [-0.4, -0.2) is 22.9 Å². The van der Waals surface area contributed by atoms with Gasteiger partial charge in [-0.3, -0.25) is 9.48 Å². The molecule has 21 heavy (non-hydrogen) atoms. The molecule has 0 saturated heterocycles. The second-order valence-corrected chi connectivity index (χ2v) is 4.93. The molecule has 5 heteroatoms. The van der Waals surface area contributed by atoms with Gasteiger partial charge < -0.3 is 9.47 Å². The first kappa shape index (κ1) is 15.1. The van der Waals surface area contributed by atoms with Crippen molar-refractivity contribution < 1.29 is 14.3 Å². The second kappa shape index (κ2) is 6.43. The highest BCUT2D eigenvalue weighted by Crippen LogP contribution is 2.23. The van der Waals surface area contributed by atoms with Gasteiger partial charge >= 0.3 is 5.97 Å². The summed E-state index contributed by atoms with van der Waals surface area (Å²) >= 11 is 0. The fourth-order valence-corrected chi connectivity index (χ4v) is 2.21. The molecule has 0 atom stereocenters. The summed E-state index contributed by atoms with van der Waals surface area (Å²) in [5.74, 6) is 0.543. The minimum Gasteiger partial charge on any atom is -0.485 e. The Balaban J connectivity index is 2.15. The quantitative estimate of drug-likeness (QED) is 0.792. The first-order valence-electron chi connectivity index (χ1n) is 6.79. The van der Waals surface area contributed by atoms with Gasteiger partial charge in [-0.1, -0.05) is 24.3 Å². The number of aryl methyl sites for hydroxylation is 2. The molecule has 0 unspecified atom stereocenters. The summed E-state index contributed by atoms with van der Waals surface area (Å²) in [7, 11) is 3.28. The van der Waals surface area contributed by atoms with Gasteiger partial charge in [0.1, 0.15) is 12.3 Å². The number of carbonyl (C=O) groups is 1. The lowest BCUT2D eigenvalue weighted by atomic mass is 10.1. The molecular formula is C16H20N2O3. The highest BCUT2D eigenvalue weighted by atomic mass is 16.5. The van der Waals surface area contributed by atoms with Crippen molar-refractivity contribution >= 4 is 5.97 Å². The average Bonchev–Trinajstić information content (AvgIpc) is 2.71. The van der Waals surface area contributed by atoms with Crippen LogP contribution in [0.3, 0.4) is 0 Å². The fraction of sp³-hybridized carbons (Fsp3) is 0.375. The SMILES string of the molecule is COC(=O)Cc1ccccc1COc1c(C)nn(C)c1C. The lowest BCUT2D eigenvalue weighted by Crippen LogP contribution is -2.08. The number of esters is 1.